The van der Waals surface area contributed by atoms with E-state index in [9.17, 15) is 9.59 Å². The molecule has 0 aliphatic rings. The van der Waals surface area contributed by atoms with E-state index in [1.54, 1.807) is 24.3 Å². The maximum atomic E-state index is 11.4. The smallest absolute Gasteiger partial charge is 0.326 e. The SMILES string of the molecule is O=C(COc1ccccc1)N[C@H](CCO)C(=O)O. The van der Waals surface area contributed by atoms with Gasteiger partial charge in [-0.3, -0.25) is 4.79 Å². The first-order valence-electron chi connectivity index (χ1n) is 5.44. The predicted octanol–water partition coefficient (Wildman–Crippen LogP) is 0.0172. The molecule has 98 valence electrons. The van der Waals surface area contributed by atoms with Crippen LogP contribution < -0.4 is 10.1 Å². The molecule has 0 aliphatic heterocycles. The summed E-state index contributed by atoms with van der Waals surface area (Å²) in [6, 6.07) is 7.62. The third kappa shape index (κ3) is 4.84. The van der Waals surface area contributed by atoms with Crippen molar-refractivity contribution in [3.05, 3.63) is 30.3 Å². The van der Waals surface area contributed by atoms with Crippen LogP contribution in [0, 0.1) is 0 Å². The number of para-hydroxylation sites is 1. The first kappa shape index (κ1) is 14.0. The number of aliphatic hydroxyl groups excluding tert-OH is 1. The number of rotatable bonds is 7. The number of aliphatic carboxylic acids is 1. The zero-order chi connectivity index (χ0) is 13.4. The van der Waals surface area contributed by atoms with Gasteiger partial charge in [-0.15, -0.1) is 0 Å². The van der Waals surface area contributed by atoms with Crippen molar-refractivity contribution in [3.8, 4) is 5.75 Å². The van der Waals surface area contributed by atoms with E-state index >= 15 is 0 Å². The van der Waals surface area contributed by atoms with Gasteiger partial charge in [-0.25, -0.2) is 4.79 Å². The van der Waals surface area contributed by atoms with Crippen molar-refractivity contribution in [1.82, 2.24) is 5.32 Å². The molecule has 0 spiro atoms. The Morgan fingerprint density at radius 2 is 1.94 bits per heavy atom. The van der Waals surface area contributed by atoms with Gasteiger partial charge in [0, 0.05) is 13.0 Å². The van der Waals surface area contributed by atoms with E-state index in [1.165, 1.54) is 0 Å². The van der Waals surface area contributed by atoms with E-state index < -0.39 is 17.9 Å². The number of hydrogen-bond acceptors (Lipinski definition) is 4. The molecule has 18 heavy (non-hydrogen) atoms. The van der Waals surface area contributed by atoms with Crippen molar-refractivity contribution in [2.45, 2.75) is 12.5 Å². The van der Waals surface area contributed by atoms with Gasteiger partial charge >= 0.3 is 5.97 Å². The molecule has 6 heteroatoms. The molecule has 0 saturated carbocycles. The van der Waals surface area contributed by atoms with Crippen LogP contribution in [0.25, 0.3) is 0 Å². The van der Waals surface area contributed by atoms with Gasteiger partial charge in [-0.1, -0.05) is 18.2 Å². The molecule has 1 aromatic rings. The number of carbonyl (C=O) groups excluding carboxylic acids is 1. The van der Waals surface area contributed by atoms with Gasteiger partial charge in [-0.2, -0.15) is 0 Å². The second-order valence-corrected chi connectivity index (χ2v) is 3.57. The van der Waals surface area contributed by atoms with Gasteiger partial charge in [0.25, 0.3) is 5.91 Å². The number of hydrogen-bond donors (Lipinski definition) is 3. The van der Waals surface area contributed by atoms with E-state index in [2.05, 4.69) is 5.32 Å². The Balaban J connectivity index is 2.39. The minimum atomic E-state index is -1.18. The lowest BCUT2D eigenvalue weighted by molar-refractivity contribution is -0.142. The topological polar surface area (TPSA) is 95.9 Å². The van der Waals surface area contributed by atoms with Crippen LogP contribution in [-0.2, 0) is 9.59 Å². The Morgan fingerprint density at radius 1 is 1.28 bits per heavy atom. The van der Waals surface area contributed by atoms with Crippen molar-refractivity contribution in [3.63, 3.8) is 0 Å². The molecule has 1 atom stereocenters. The zero-order valence-electron chi connectivity index (χ0n) is 9.70. The maximum Gasteiger partial charge on any atom is 0.326 e. The fraction of sp³-hybridized carbons (Fsp3) is 0.333. The van der Waals surface area contributed by atoms with Gasteiger partial charge in [0.15, 0.2) is 6.61 Å². The summed E-state index contributed by atoms with van der Waals surface area (Å²) in [6.45, 7) is -0.573. The molecule has 0 radical (unpaired) electrons. The largest absolute Gasteiger partial charge is 0.484 e. The van der Waals surface area contributed by atoms with E-state index in [1.807, 2.05) is 6.07 Å². The lowest BCUT2D eigenvalue weighted by atomic mass is 10.2. The van der Waals surface area contributed by atoms with Crippen LogP contribution in [0.5, 0.6) is 5.75 Å². The minimum absolute atomic E-state index is 0.0353. The first-order valence-corrected chi connectivity index (χ1v) is 5.44. The summed E-state index contributed by atoms with van der Waals surface area (Å²) in [5.74, 6) is -1.20. The van der Waals surface area contributed by atoms with Gasteiger partial charge < -0.3 is 20.3 Å². The van der Waals surface area contributed by atoms with Gasteiger partial charge in [0.05, 0.1) is 0 Å². The molecule has 1 rings (SSSR count). The van der Waals surface area contributed by atoms with Crippen LogP contribution >= 0.6 is 0 Å². The first-order chi connectivity index (χ1) is 8.63. The van der Waals surface area contributed by atoms with Crippen LogP contribution in [0.2, 0.25) is 0 Å². The highest BCUT2D eigenvalue weighted by Gasteiger charge is 2.19. The molecular weight excluding hydrogens is 238 g/mol. The zero-order valence-corrected chi connectivity index (χ0v) is 9.70. The van der Waals surface area contributed by atoms with E-state index in [4.69, 9.17) is 14.9 Å². The molecule has 0 unspecified atom stereocenters. The van der Waals surface area contributed by atoms with E-state index in [-0.39, 0.29) is 19.6 Å². The molecule has 0 saturated heterocycles. The average molecular weight is 253 g/mol. The summed E-state index contributed by atoms with van der Waals surface area (Å²) >= 11 is 0. The second-order valence-electron chi connectivity index (χ2n) is 3.57. The minimum Gasteiger partial charge on any atom is -0.484 e. The molecule has 0 fully saturated rings. The number of nitrogens with one attached hydrogen (secondary N) is 1. The van der Waals surface area contributed by atoms with E-state index in [0.717, 1.165) is 0 Å². The van der Waals surface area contributed by atoms with E-state index in [0.29, 0.717) is 5.75 Å². The summed E-state index contributed by atoms with van der Waals surface area (Å²) in [5.41, 5.74) is 0. The fourth-order valence-electron chi connectivity index (χ4n) is 1.29. The van der Waals surface area contributed by atoms with Gasteiger partial charge in [0.2, 0.25) is 0 Å². The number of carboxylic acids is 1. The van der Waals surface area contributed by atoms with Crippen molar-refractivity contribution in [1.29, 1.82) is 0 Å². The standard InChI is InChI=1S/C12H15NO5/c14-7-6-10(12(16)17)13-11(15)8-18-9-4-2-1-3-5-9/h1-5,10,14H,6-8H2,(H,13,15)(H,16,17)/t10-/m1/s1. The van der Waals surface area contributed by atoms with Crippen LogP contribution in [0.3, 0.4) is 0 Å². The summed E-state index contributed by atoms with van der Waals surface area (Å²) < 4.78 is 5.16. The highest BCUT2D eigenvalue weighted by Crippen LogP contribution is 2.07. The molecule has 3 N–H and O–H groups in total. The predicted molar refractivity (Wildman–Crippen MR) is 63.2 cm³/mol. The number of carboxylic acid groups (broad SMARTS) is 1. The molecule has 6 nitrogen and oxygen atoms in total. The Labute approximate surface area is 104 Å². The second kappa shape index (κ2) is 7.29. The van der Waals surface area contributed by atoms with Crippen LogP contribution in [0.1, 0.15) is 6.42 Å². The number of carbonyl (C=O) groups is 2. The highest BCUT2D eigenvalue weighted by molar-refractivity contribution is 5.84. The number of aliphatic hydroxyl groups is 1. The molecular formula is C12H15NO5. The highest BCUT2D eigenvalue weighted by atomic mass is 16.5. The van der Waals surface area contributed by atoms with Gasteiger partial charge in [-0.05, 0) is 12.1 Å². The fourth-order valence-corrected chi connectivity index (χ4v) is 1.29. The Hall–Kier alpha value is -2.08. The lowest BCUT2D eigenvalue weighted by Gasteiger charge is -2.13. The number of benzene rings is 1. The quantitative estimate of drug-likeness (QED) is 0.636. The maximum absolute atomic E-state index is 11.4. The van der Waals surface area contributed by atoms with Crippen molar-refractivity contribution in [2.24, 2.45) is 0 Å². The summed E-state index contributed by atoms with van der Waals surface area (Å²) in [5, 5.41) is 19.7. The third-order valence-corrected chi connectivity index (χ3v) is 2.16. The Kier molecular flexibility index (Phi) is 5.66. The van der Waals surface area contributed by atoms with Crippen LogP contribution in [0.4, 0.5) is 0 Å². The molecule has 0 aromatic heterocycles. The average Bonchev–Trinajstić information content (AvgIpc) is 2.37. The molecule has 0 heterocycles. The monoisotopic (exact) mass is 253 g/mol. The van der Waals surface area contributed by atoms with Crippen molar-refractivity contribution >= 4 is 11.9 Å². The molecule has 0 bridgehead atoms. The lowest BCUT2D eigenvalue weighted by Crippen LogP contribution is -2.43. The Morgan fingerprint density at radius 3 is 2.50 bits per heavy atom. The third-order valence-electron chi connectivity index (χ3n) is 2.16. The van der Waals surface area contributed by atoms with Gasteiger partial charge in [0.1, 0.15) is 11.8 Å². The normalized spacial score (nSPS) is 11.6. The van der Waals surface area contributed by atoms with Crippen LogP contribution in [0.15, 0.2) is 30.3 Å². The summed E-state index contributed by atoms with van der Waals surface area (Å²) in [7, 11) is 0. The Bertz CT molecular complexity index is 393. The molecule has 1 amide bonds. The summed E-state index contributed by atoms with van der Waals surface area (Å²) in [4.78, 5) is 22.2. The van der Waals surface area contributed by atoms with Crippen LogP contribution in [-0.4, -0.2) is 41.3 Å². The molecule has 1 aromatic carbocycles. The van der Waals surface area contributed by atoms with Crippen molar-refractivity contribution < 1.29 is 24.5 Å². The molecule has 0 aliphatic carbocycles. The van der Waals surface area contributed by atoms with Crippen molar-refractivity contribution in [2.75, 3.05) is 13.2 Å². The summed E-state index contributed by atoms with van der Waals surface area (Å²) in [6.07, 6.45) is -0.0353. The number of ether oxygens (including phenoxy) is 1. The number of amides is 1.